The Bertz CT molecular complexity index is 703. The maximum atomic E-state index is 14.4. The van der Waals surface area contributed by atoms with Gasteiger partial charge in [0.05, 0.1) is 18.6 Å². The quantitative estimate of drug-likeness (QED) is 0.897. The molecule has 1 unspecified atom stereocenters. The van der Waals surface area contributed by atoms with Crippen molar-refractivity contribution in [2.75, 3.05) is 33.4 Å². The summed E-state index contributed by atoms with van der Waals surface area (Å²) in [4.78, 5) is 25.7. The van der Waals surface area contributed by atoms with Gasteiger partial charge in [0.2, 0.25) is 0 Å². The van der Waals surface area contributed by atoms with E-state index in [9.17, 15) is 23.5 Å². The van der Waals surface area contributed by atoms with Crippen molar-refractivity contribution in [3.8, 4) is 5.75 Å². The fourth-order valence-electron chi connectivity index (χ4n) is 3.80. The van der Waals surface area contributed by atoms with Gasteiger partial charge < -0.3 is 19.5 Å². The average molecular weight is 355 g/mol. The SMILES string of the molecule is COc1c(F)ccc(C(=O)N2CC(C(=O)O)C3(CCOCC3)C2)c1F. The molecule has 2 saturated heterocycles. The summed E-state index contributed by atoms with van der Waals surface area (Å²) in [5.74, 6) is -4.97. The first kappa shape index (κ1) is 17.6. The van der Waals surface area contributed by atoms with Crippen LogP contribution in [0, 0.1) is 23.0 Å². The molecule has 2 aliphatic heterocycles. The van der Waals surface area contributed by atoms with Crippen LogP contribution < -0.4 is 4.74 Å². The first-order chi connectivity index (χ1) is 11.9. The van der Waals surface area contributed by atoms with Gasteiger partial charge in [0, 0.05) is 31.7 Å². The molecule has 1 aromatic rings. The first-order valence-corrected chi connectivity index (χ1v) is 8.01. The third kappa shape index (κ3) is 2.95. The number of carbonyl (C=O) groups excluding carboxylic acids is 1. The molecular formula is C17H19F2NO5. The van der Waals surface area contributed by atoms with E-state index in [1.54, 1.807) is 0 Å². The number of aliphatic carboxylic acids is 1. The molecule has 2 heterocycles. The smallest absolute Gasteiger partial charge is 0.308 e. The zero-order chi connectivity index (χ0) is 18.2. The molecule has 8 heteroatoms. The van der Waals surface area contributed by atoms with Crippen LogP contribution in [0.25, 0.3) is 0 Å². The van der Waals surface area contributed by atoms with Crippen LogP contribution in [0.1, 0.15) is 23.2 Å². The predicted octanol–water partition coefficient (Wildman–Crippen LogP) is 1.93. The molecule has 1 spiro atoms. The van der Waals surface area contributed by atoms with Crippen molar-refractivity contribution in [3.05, 3.63) is 29.3 Å². The molecule has 1 amide bonds. The highest BCUT2D eigenvalue weighted by Gasteiger charge is 2.52. The second kappa shape index (κ2) is 6.59. The summed E-state index contributed by atoms with van der Waals surface area (Å²) >= 11 is 0. The van der Waals surface area contributed by atoms with Crippen LogP contribution in [-0.4, -0.2) is 55.3 Å². The number of carboxylic acids is 1. The standard InChI is InChI=1S/C17H19F2NO5/c1-24-14-12(18)3-2-10(13(14)19)15(21)20-8-11(16(22)23)17(9-20)4-6-25-7-5-17/h2-3,11H,4-9H2,1H3,(H,22,23). The Hall–Kier alpha value is -2.22. The predicted molar refractivity (Wildman–Crippen MR) is 82.4 cm³/mol. The summed E-state index contributed by atoms with van der Waals surface area (Å²) in [6, 6.07) is 2.02. The molecular weight excluding hydrogens is 336 g/mol. The van der Waals surface area contributed by atoms with Crippen LogP contribution in [0.3, 0.4) is 0 Å². The van der Waals surface area contributed by atoms with Crippen LogP contribution in [0.5, 0.6) is 5.75 Å². The second-order valence-electron chi connectivity index (χ2n) is 6.49. The number of carboxylic acid groups (broad SMARTS) is 1. The highest BCUT2D eigenvalue weighted by molar-refractivity contribution is 5.95. The number of methoxy groups -OCH3 is 1. The number of hydrogen-bond donors (Lipinski definition) is 1. The van der Waals surface area contributed by atoms with Gasteiger partial charge in [0.15, 0.2) is 17.4 Å². The molecule has 136 valence electrons. The second-order valence-corrected chi connectivity index (χ2v) is 6.49. The van der Waals surface area contributed by atoms with Crippen molar-refractivity contribution >= 4 is 11.9 Å². The Morgan fingerprint density at radius 1 is 1.32 bits per heavy atom. The number of ether oxygens (including phenoxy) is 2. The zero-order valence-electron chi connectivity index (χ0n) is 13.8. The van der Waals surface area contributed by atoms with Crippen LogP contribution >= 0.6 is 0 Å². The minimum Gasteiger partial charge on any atom is -0.491 e. The number of hydrogen-bond acceptors (Lipinski definition) is 4. The van der Waals surface area contributed by atoms with Gasteiger partial charge in [-0.15, -0.1) is 0 Å². The Morgan fingerprint density at radius 3 is 2.60 bits per heavy atom. The van der Waals surface area contributed by atoms with E-state index >= 15 is 0 Å². The fraction of sp³-hybridized carbons (Fsp3) is 0.529. The van der Waals surface area contributed by atoms with E-state index in [1.807, 2.05) is 0 Å². The number of likely N-dealkylation sites (tertiary alicyclic amines) is 1. The normalized spacial score (nSPS) is 22.2. The summed E-state index contributed by atoms with van der Waals surface area (Å²) in [7, 11) is 1.11. The van der Waals surface area contributed by atoms with E-state index in [0.717, 1.165) is 19.2 Å². The summed E-state index contributed by atoms with van der Waals surface area (Å²) < 4.78 is 37.9. The molecule has 25 heavy (non-hydrogen) atoms. The van der Waals surface area contributed by atoms with Crippen LogP contribution in [0.2, 0.25) is 0 Å². The molecule has 6 nitrogen and oxygen atoms in total. The molecule has 1 N–H and O–H groups in total. The third-order valence-electron chi connectivity index (χ3n) is 5.21. The van der Waals surface area contributed by atoms with Gasteiger partial charge in [-0.25, -0.2) is 8.78 Å². The van der Waals surface area contributed by atoms with Crippen molar-refractivity contribution in [2.45, 2.75) is 12.8 Å². The maximum Gasteiger partial charge on any atom is 0.308 e. The number of carbonyl (C=O) groups is 2. The van der Waals surface area contributed by atoms with E-state index in [2.05, 4.69) is 4.74 Å². The zero-order valence-corrected chi connectivity index (χ0v) is 13.8. The molecule has 0 saturated carbocycles. The van der Waals surface area contributed by atoms with Gasteiger partial charge in [-0.05, 0) is 25.0 Å². The van der Waals surface area contributed by atoms with Crippen molar-refractivity contribution < 1.29 is 33.0 Å². The lowest BCUT2D eigenvalue weighted by Crippen LogP contribution is -2.40. The molecule has 2 fully saturated rings. The van der Waals surface area contributed by atoms with Gasteiger partial charge in [-0.3, -0.25) is 9.59 Å². The van der Waals surface area contributed by atoms with E-state index < -0.39 is 40.6 Å². The number of halogens is 2. The summed E-state index contributed by atoms with van der Waals surface area (Å²) in [5, 5.41) is 9.55. The summed E-state index contributed by atoms with van der Waals surface area (Å²) in [5.41, 5.74) is -0.896. The number of nitrogens with zero attached hydrogens (tertiary/aromatic N) is 1. The molecule has 1 aromatic carbocycles. The molecule has 0 aromatic heterocycles. The first-order valence-electron chi connectivity index (χ1n) is 8.01. The Kier molecular flexibility index (Phi) is 4.64. The molecule has 0 bridgehead atoms. The van der Waals surface area contributed by atoms with Gasteiger partial charge in [-0.2, -0.15) is 0 Å². The van der Waals surface area contributed by atoms with Crippen LogP contribution in [-0.2, 0) is 9.53 Å². The van der Waals surface area contributed by atoms with Crippen molar-refractivity contribution in [1.82, 2.24) is 4.90 Å². The highest BCUT2D eigenvalue weighted by Crippen LogP contribution is 2.45. The lowest BCUT2D eigenvalue weighted by Gasteiger charge is -2.36. The number of benzene rings is 1. The van der Waals surface area contributed by atoms with Crippen molar-refractivity contribution in [3.63, 3.8) is 0 Å². The van der Waals surface area contributed by atoms with Crippen LogP contribution in [0.15, 0.2) is 12.1 Å². The van der Waals surface area contributed by atoms with E-state index in [4.69, 9.17) is 4.74 Å². The minimum atomic E-state index is -1.08. The Morgan fingerprint density at radius 2 is 2.00 bits per heavy atom. The Balaban J connectivity index is 1.90. The minimum absolute atomic E-state index is 0.00665. The third-order valence-corrected chi connectivity index (χ3v) is 5.21. The van der Waals surface area contributed by atoms with E-state index in [0.29, 0.717) is 26.1 Å². The molecule has 3 rings (SSSR count). The van der Waals surface area contributed by atoms with Gasteiger partial charge in [0.1, 0.15) is 0 Å². The Labute approximate surface area is 143 Å². The summed E-state index contributed by atoms with van der Waals surface area (Å²) in [6.45, 7) is 1.08. The maximum absolute atomic E-state index is 14.4. The van der Waals surface area contributed by atoms with Gasteiger partial charge >= 0.3 is 5.97 Å². The molecule has 0 aliphatic carbocycles. The van der Waals surface area contributed by atoms with Gasteiger partial charge in [0.25, 0.3) is 5.91 Å². The number of amides is 1. The van der Waals surface area contributed by atoms with Gasteiger partial charge in [-0.1, -0.05) is 0 Å². The van der Waals surface area contributed by atoms with Crippen LogP contribution in [0.4, 0.5) is 8.78 Å². The molecule has 1 atom stereocenters. The monoisotopic (exact) mass is 355 g/mol. The summed E-state index contributed by atoms with van der Waals surface area (Å²) in [6.07, 6.45) is 1.06. The van der Waals surface area contributed by atoms with E-state index in [1.165, 1.54) is 4.90 Å². The lowest BCUT2D eigenvalue weighted by atomic mass is 9.72. The lowest BCUT2D eigenvalue weighted by molar-refractivity contribution is -0.146. The van der Waals surface area contributed by atoms with E-state index in [-0.39, 0.29) is 18.7 Å². The average Bonchev–Trinajstić information content (AvgIpc) is 2.94. The topological polar surface area (TPSA) is 76.1 Å². The van der Waals surface area contributed by atoms with Crippen molar-refractivity contribution in [1.29, 1.82) is 0 Å². The highest BCUT2D eigenvalue weighted by atomic mass is 19.1. The number of rotatable bonds is 3. The fourth-order valence-corrected chi connectivity index (χ4v) is 3.80. The largest absolute Gasteiger partial charge is 0.491 e. The molecule has 2 aliphatic rings. The van der Waals surface area contributed by atoms with Crippen molar-refractivity contribution in [2.24, 2.45) is 11.3 Å². The molecule has 0 radical (unpaired) electrons.